The number of carbonyl (C=O) groups is 1. The lowest BCUT2D eigenvalue weighted by atomic mass is 9.86. The van der Waals surface area contributed by atoms with Crippen LogP contribution in [0, 0.1) is 11.3 Å². The molecule has 0 amide bonds. The van der Waals surface area contributed by atoms with E-state index in [0.29, 0.717) is 27.2 Å². The van der Waals surface area contributed by atoms with Crippen molar-refractivity contribution in [2.24, 2.45) is 0 Å². The van der Waals surface area contributed by atoms with Gasteiger partial charge < -0.3 is 9.30 Å². The van der Waals surface area contributed by atoms with Gasteiger partial charge in [0.25, 0.3) is 0 Å². The molecule has 3 rings (SSSR count). The minimum absolute atomic E-state index is 0.200. The van der Waals surface area contributed by atoms with Crippen LogP contribution in [0.3, 0.4) is 0 Å². The average molecular weight is 432 g/mol. The van der Waals surface area contributed by atoms with Crippen molar-refractivity contribution < 1.29 is 17.9 Å². The number of sulfonamides is 1. The lowest BCUT2D eigenvalue weighted by molar-refractivity contribution is -0.148. The van der Waals surface area contributed by atoms with Gasteiger partial charge in [-0.3, -0.25) is 4.72 Å². The largest absolute Gasteiger partial charge is 0.467 e. The summed E-state index contributed by atoms with van der Waals surface area (Å²) < 4.78 is 32.6. The van der Waals surface area contributed by atoms with Crippen molar-refractivity contribution in [3.63, 3.8) is 0 Å². The Morgan fingerprint density at radius 3 is 2.52 bits per heavy atom. The molecule has 0 fully saturated rings. The second kappa shape index (κ2) is 7.78. The molecular formula is C20H18ClN3O4S. The van der Waals surface area contributed by atoms with Crippen LogP contribution in [0.5, 0.6) is 0 Å². The summed E-state index contributed by atoms with van der Waals surface area (Å²) in [6.07, 6.45) is 2.50. The second-order valence-corrected chi connectivity index (χ2v) is 8.68. The molecule has 7 nitrogen and oxygen atoms in total. The van der Waals surface area contributed by atoms with Crippen LogP contribution in [0.25, 0.3) is 10.9 Å². The smallest absolute Gasteiger partial charge is 0.337 e. The molecule has 3 aromatic rings. The number of esters is 1. The third kappa shape index (κ3) is 3.79. The number of nitrogens with zero attached hydrogens (tertiary/aromatic N) is 2. The van der Waals surface area contributed by atoms with Gasteiger partial charge in [-0.05, 0) is 35.9 Å². The van der Waals surface area contributed by atoms with Gasteiger partial charge in [-0.1, -0.05) is 29.8 Å². The van der Waals surface area contributed by atoms with Crippen LogP contribution >= 0.6 is 11.6 Å². The highest BCUT2D eigenvalue weighted by Crippen LogP contribution is 2.37. The molecule has 2 aromatic carbocycles. The quantitative estimate of drug-likeness (QED) is 0.602. The van der Waals surface area contributed by atoms with E-state index in [0.717, 1.165) is 6.26 Å². The summed E-state index contributed by atoms with van der Waals surface area (Å²) in [4.78, 5) is 13.0. The summed E-state index contributed by atoms with van der Waals surface area (Å²) in [5.74, 6) is -0.625. The monoisotopic (exact) mass is 431 g/mol. The van der Waals surface area contributed by atoms with Crippen LogP contribution in [0.4, 0.5) is 5.69 Å². The van der Waals surface area contributed by atoms with Crippen molar-refractivity contribution in [1.82, 2.24) is 4.57 Å². The standard InChI is InChI=1S/C20H18ClN3O4S/c1-28-19(25)20(11-12-22,14-6-8-15(21)9-7-14)24-13-10-16-17(23-29(2,26)27)4-3-5-18(16)24/h3-10,13,23H,11H2,1-2H3. The van der Waals surface area contributed by atoms with E-state index in [1.165, 1.54) is 7.11 Å². The number of nitriles is 1. The van der Waals surface area contributed by atoms with E-state index in [2.05, 4.69) is 10.8 Å². The SMILES string of the molecule is COC(=O)C(CC#N)(c1ccc(Cl)cc1)n1ccc2c(NS(C)(=O)=O)cccc21. The number of ether oxygens (including phenoxy) is 1. The van der Waals surface area contributed by atoms with Crippen LogP contribution in [0.2, 0.25) is 5.02 Å². The number of rotatable bonds is 6. The highest BCUT2D eigenvalue weighted by atomic mass is 35.5. The maximum Gasteiger partial charge on any atom is 0.337 e. The Morgan fingerprint density at radius 2 is 1.93 bits per heavy atom. The zero-order valence-corrected chi connectivity index (χ0v) is 17.3. The molecule has 1 atom stereocenters. The van der Waals surface area contributed by atoms with Crippen LogP contribution in [0.15, 0.2) is 54.7 Å². The second-order valence-electron chi connectivity index (χ2n) is 6.49. The highest BCUT2D eigenvalue weighted by Gasteiger charge is 2.44. The number of nitrogens with one attached hydrogen (secondary N) is 1. The van der Waals surface area contributed by atoms with E-state index in [1.54, 1.807) is 59.3 Å². The lowest BCUT2D eigenvalue weighted by Gasteiger charge is -2.32. The Bertz CT molecular complexity index is 1210. The first-order chi connectivity index (χ1) is 13.7. The van der Waals surface area contributed by atoms with Crippen molar-refractivity contribution in [3.8, 4) is 6.07 Å². The van der Waals surface area contributed by atoms with Crippen LogP contribution in [-0.4, -0.2) is 32.3 Å². The molecule has 1 heterocycles. The van der Waals surface area contributed by atoms with Gasteiger partial charge in [0.15, 0.2) is 5.54 Å². The summed E-state index contributed by atoms with van der Waals surface area (Å²) in [6.45, 7) is 0. The normalized spacial score (nSPS) is 13.4. The maximum absolute atomic E-state index is 13.0. The Labute approximate surface area is 173 Å². The molecule has 0 aliphatic heterocycles. The maximum atomic E-state index is 13.0. The average Bonchev–Trinajstić information content (AvgIpc) is 3.11. The summed E-state index contributed by atoms with van der Waals surface area (Å²) in [6, 6.07) is 15.4. The van der Waals surface area contributed by atoms with E-state index in [1.807, 2.05) is 0 Å². The van der Waals surface area contributed by atoms with Gasteiger partial charge in [0.2, 0.25) is 10.0 Å². The van der Waals surface area contributed by atoms with Gasteiger partial charge in [0, 0.05) is 16.6 Å². The molecule has 150 valence electrons. The molecule has 0 spiro atoms. The van der Waals surface area contributed by atoms with E-state index in [9.17, 15) is 18.5 Å². The van der Waals surface area contributed by atoms with Crippen molar-refractivity contribution >= 4 is 44.2 Å². The molecule has 0 radical (unpaired) electrons. The van der Waals surface area contributed by atoms with Gasteiger partial charge in [-0.2, -0.15) is 5.26 Å². The molecule has 1 N–H and O–H groups in total. The van der Waals surface area contributed by atoms with Crippen LogP contribution < -0.4 is 4.72 Å². The van der Waals surface area contributed by atoms with E-state index >= 15 is 0 Å². The number of benzene rings is 2. The fourth-order valence-electron chi connectivity index (χ4n) is 3.41. The van der Waals surface area contributed by atoms with Gasteiger partial charge in [-0.25, -0.2) is 13.2 Å². The minimum Gasteiger partial charge on any atom is -0.467 e. The number of aromatic nitrogens is 1. The first-order valence-corrected chi connectivity index (χ1v) is 10.8. The minimum atomic E-state index is -3.50. The number of halogens is 1. The summed E-state index contributed by atoms with van der Waals surface area (Å²) in [5.41, 5.74) is -0.0152. The first-order valence-electron chi connectivity index (χ1n) is 8.52. The highest BCUT2D eigenvalue weighted by molar-refractivity contribution is 7.92. The van der Waals surface area contributed by atoms with Gasteiger partial charge >= 0.3 is 5.97 Å². The zero-order valence-electron chi connectivity index (χ0n) is 15.7. The molecule has 0 aliphatic carbocycles. The number of hydrogen-bond donors (Lipinski definition) is 1. The van der Waals surface area contributed by atoms with Gasteiger partial charge in [0.1, 0.15) is 0 Å². The molecular weight excluding hydrogens is 414 g/mol. The lowest BCUT2D eigenvalue weighted by Crippen LogP contribution is -2.43. The summed E-state index contributed by atoms with van der Waals surface area (Å²) >= 11 is 6.00. The van der Waals surface area contributed by atoms with Crippen molar-refractivity contribution in [2.45, 2.75) is 12.0 Å². The topological polar surface area (TPSA) is 101 Å². The zero-order chi connectivity index (χ0) is 21.2. The van der Waals surface area contributed by atoms with E-state index in [4.69, 9.17) is 16.3 Å². The van der Waals surface area contributed by atoms with Crippen LogP contribution in [-0.2, 0) is 25.1 Å². The predicted molar refractivity (Wildman–Crippen MR) is 111 cm³/mol. The Kier molecular flexibility index (Phi) is 5.55. The first kappa shape index (κ1) is 20.7. The van der Waals surface area contributed by atoms with Crippen molar-refractivity contribution in [1.29, 1.82) is 5.26 Å². The Balaban J connectivity index is 2.33. The number of hydrogen-bond acceptors (Lipinski definition) is 5. The molecule has 0 saturated carbocycles. The summed E-state index contributed by atoms with van der Waals surface area (Å²) in [7, 11) is -2.24. The van der Waals surface area contributed by atoms with E-state index in [-0.39, 0.29) is 6.42 Å². The molecule has 29 heavy (non-hydrogen) atoms. The van der Waals surface area contributed by atoms with Gasteiger partial charge in [0.05, 0.1) is 37.1 Å². The molecule has 1 unspecified atom stereocenters. The number of carbonyl (C=O) groups excluding carboxylic acids is 1. The van der Waals surface area contributed by atoms with Crippen molar-refractivity contribution in [3.05, 3.63) is 65.3 Å². The molecule has 0 saturated heterocycles. The van der Waals surface area contributed by atoms with Crippen LogP contribution in [0.1, 0.15) is 12.0 Å². The fraction of sp³-hybridized carbons (Fsp3) is 0.200. The summed E-state index contributed by atoms with van der Waals surface area (Å²) in [5, 5.41) is 10.6. The third-order valence-corrected chi connectivity index (χ3v) is 5.46. The molecule has 9 heteroatoms. The number of fused-ring (bicyclic) bond motifs is 1. The predicted octanol–water partition coefficient (Wildman–Crippen LogP) is 3.50. The number of methoxy groups -OCH3 is 1. The molecule has 0 bridgehead atoms. The van der Waals surface area contributed by atoms with Gasteiger partial charge in [-0.15, -0.1) is 0 Å². The number of anilines is 1. The van der Waals surface area contributed by atoms with Crippen molar-refractivity contribution in [2.75, 3.05) is 18.1 Å². The Morgan fingerprint density at radius 1 is 1.24 bits per heavy atom. The third-order valence-electron chi connectivity index (χ3n) is 4.62. The molecule has 0 aliphatic rings. The fourth-order valence-corrected chi connectivity index (χ4v) is 4.12. The van der Waals surface area contributed by atoms with E-state index < -0.39 is 21.5 Å². The Hall–Kier alpha value is -3.02. The molecule has 1 aromatic heterocycles.